The average molecular weight is 494 g/mol. The number of thiazole rings is 1. The Morgan fingerprint density at radius 1 is 1.30 bits per heavy atom. The van der Waals surface area contributed by atoms with Gasteiger partial charge in [0.05, 0.1) is 25.7 Å². The summed E-state index contributed by atoms with van der Waals surface area (Å²) in [7, 11) is 0. The number of likely N-dealkylation sites (tertiary alicyclic amines) is 1. The Bertz CT molecular complexity index is 926. The van der Waals surface area contributed by atoms with Gasteiger partial charge < -0.3 is 19.5 Å². The monoisotopic (exact) mass is 493 g/mol. The fraction of sp³-hybridized carbons (Fsp3) is 0.583. The number of carbonyl (C=O) groups is 1. The van der Waals surface area contributed by atoms with Gasteiger partial charge in [-0.2, -0.15) is 0 Å². The molecule has 1 aromatic heterocycles. The van der Waals surface area contributed by atoms with Crippen molar-refractivity contribution >= 4 is 28.8 Å². The first-order valence-electron chi connectivity index (χ1n) is 11.4. The van der Waals surface area contributed by atoms with Gasteiger partial charge in [-0.25, -0.2) is 4.98 Å². The Morgan fingerprint density at radius 2 is 2.03 bits per heavy atom. The largest absolute Gasteiger partial charge is 0.490 e. The molecular formula is C24H32ClN3O4S. The molecule has 0 saturated carbocycles. The number of ether oxygens (including phenoxy) is 2. The molecule has 2 saturated heterocycles. The summed E-state index contributed by atoms with van der Waals surface area (Å²) in [4.78, 5) is 21.8. The average Bonchev–Trinajstić information content (AvgIpc) is 3.29. The highest BCUT2D eigenvalue weighted by atomic mass is 35.5. The van der Waals surface area contributed by atoms with Crippen molar-refractivity contribution in [3.8, 4) is 5.75 Å². The van der Waals surface area contributed by atoms with Crippen LogP contribution in [0.1, 0.15) is 35.4 Å². The molecule has 3 heterocycles. The van der Waals surface area contributed by atoms with Gasteiger partial charge in [0.1, 0.15) is 23.0 Å². The summed E-state index contributed by atoms with van der Waals surface area (Å²) >= 11 is 7.95. The number of rotatable bonds is 7. The van der Waals surface area contributed by atoms with Crippen molar-refractivity contribution in [3.63, 3.8) is 0 Å². The molecule has 33 heavy (non-hydrogen) atoms. The van der Waals surface area contributed by atoms with Crippen LogP contribution in [-0.4, -0.2) is 76.9 Å². The lowest BCUT2D eigenvalue weighted by atomic mass is 9.96. The van der Waals surface area contributed by atoms with Crippen LogP contribution in [0.25, 0.3) is 0 Å². The maximum atomic E-state index is 13.2. The van der Waals surface area contributed by atoms with E-state index in [1.807, 2.05) is 42.5 Å². The van der Waals surface area contributed by atoms with Crippen LogP contribution in [0.15, 0.2) is 23.7 Å². The molecule has 1 N–H and O–H groups in total. The lowest BCUT2D eigenvalue weighted by molar-refractivity contribution is -0.158. The van der Waals surface area contributed by atoms with Gasteiger partial charge in [-0.05, 0) is 49.9 Å². The fourth-order valence-electron chi connectivity index (χ4n) is 4.53. The van der Waals surface area contributed by atoms with E-state index in [-0.39, 0.29) is 25.0 Å². The normalized spacial score (nSPS) is 22.5. The van der Waals surface area contributed by atoms with Crippen molar-refractivity contribution in [2.45, 2.75) is 51.4 Å². The van der Waals surface area contributed by atoms with Gasteiger partial charge in [0.15, 0.2) is 0 Å². The third kappa shape index (κ3) is 6.25. The number of aliphatic hydroxyl groups excluding tert-OH is 1. The summed E-state index contributed by atoms with van der Waals surface area (Å²) < 4.78 is 12.5. The number of halogens is 1. The first kappa shape index (κ1) is 24.4. The van der Waals surface area contributed by atoms with Crippen LogP contribution in [-0.2, 0) is 16.1 Å². The van der Waals surface area contributed by atoms with E-state index in [1.165, 1.54) is 0 Å². The first-order valence-corrected chi connectivity index (χ1v) is 12.7. The summed E-state index contributed by atoms with van der Waals surface area (Å²) in [6, 6.07) is 3.85. The standard InChI is InChI=1S/C24H32ClN3O4S/c1-17-11-20(12-18(2)23(17)25)31-16-24(13-22(30)28-6-3-19(29)4-7-28)15-27(8-9-32-24)14-21-26-5-10-33-21/h5,10-12,19,29H,3-4,6-9,13-16H2,1-2H3. The number of carbonyl (C=O) groups excluding carboxylic acids is 1. The van der Waals surface area contributed by atoms with Crippen molar-refractivity contribution in [2.75, 3.05) is 39.4 Å². The fourth-order valence-corrected chi connectivity index (χ4v) is 5.30. The van der Waals surface area contributed by atoms with Gasteiger partial charge in [0.25, 0.3) is 0 Å². The number of benzene rings is 1. The highest BCUT2D eigenvalue weighted by Crippen LogP contribution is 2.30. The number of aromatic nitrogens is 1. The number of aliphatic hydroxyl groups is 1. The van der Waals surface area contributed by atoms with Crippen LogP contribution in [0.3, 0.4) is 0 Å². The molecule has 0 spiro atoms. The highest BCUT2D eigenvalue weighted by Gasteiger charge is 2.41. The number of hydrogen-bond acceptors (Lipinski definition) is 7. The molecule has 4 rings (SSSR count). The highest BCUT2D eigenvalue weighted by molar-refractivity contribution is 7.09. The van der Waals surface area contributed by atoms with Crippen LogP contribution in [0.4, 0.5) is 0 Å². The van der Waals surface area contributed by atoms with E-state index in [0.717, 1.165) is 40.0 Å². The number of morpholine rings is 1. The third-order valence-corrected chi connectivity index (χ3v) is 7.73. The van der Waals surface area contributed by atoms with E-state index in [2.05, 4.69) is 9.88 Å². The maximum Gasteiger partial charge on any atom is 0.225 e. The van der Waals surface area contributed by atoms with Crippen LogP contribution in [0.2, 0.25) is 5.02 Å². The van der Waals surface area contributed by atoms with Crippen molar-refractivity contribution in [3.05, 3.63) is 44.9 Å². The van der Waals surface area contributed by atoms with Gasteiger partial charge in [0.2, 0.25) is 5.91 Å². The maximum absolute atomic E-state index is 13.2. The molecule has 2 aromatic rings. The summed E-state index contributed by atoms with van der Waals surface area (Å²) in [5.74, 6) is 0.771. The van der Waals surface area contributed by atoms with Crippen LogP contribution in [0, 0.1) is 13.8 Å². The Balaban J connectivity index is 1.50. The molecule has 1 unspecified atom stereocenters. The van der Waals surface area contributed by atoms with Gasteiger partial charge in [0, 0.05) is 42.8 Å². The number of hydrogen-bond donors (Lipinski definition) is 1. The number of nitrogens with zero attached hydrogens (tertiary/aromatic N) is 3. The minimum absolute atomic E-state index is 0.0464. The summed E-state index contributed by atoms with van der Waals surface area (Å²) in [6.07, 6.45) is 2.98. The second-order valence-corrected chi connectivity index (χ2v) is 10.5. The predicted octanol–water partition coefficient (Wildman–Crippen LogP) is 3.44. The summed E-state index contributed by atoms with van der Waals surface area (Å²) in [5, 5.41) is 13.6. The topological polar surface area (TPSA) is 75.1 Å². The lowest BCUT2D eigenvalue weighted by Gasteiger charge is -2.43. The molecule has 7 nitrogen and oxygen atoms in total. The molecule has 0 bridgehead atoms. The molecule has 0 aliphatic carbocycles. The van der Waals surface area contributed by atoms with Crippen LogP contribution in [0.5, 0.6) is 5.75 Å². The summed E-state index contributed by atoms with van der Waals surface area (Å²) in [5.41, 5.74) is 1.15. The zero-order valence-corrected chi connectivity index (χ0v) is 20.8. The molecule has 2 fully saturated rings. The van der Waals surface area contributed by atoms with Crippen LogP contribution >= 0.6 is 22.9 Å². The van der Waals surface area contributed by atoms with E-state index >= 15 is 0 Å². The Labute approximate surface area is 204 Å². The number of piperidine rings is 1. The van der Waals surface area contributed by atoms with E-state index in [4.69, 9.17) is 21.1 Å². The minimum atomic E-state index is -0.760. The smallest absolute Gasteiger partial charge is 0.225 e. The second-order valence-electron chi connectivity index (χ2n) is 9.12. The van der Waals surface area contributed by atoms with Crippen molar-refractivity contribution in [2.24, 2.45) is 0 Å². The predicted molar refractivity (Wildman–Crippen MR) is 129 cm³/mol. The van der Waals surface area contributed by atoms with Gasteiger partial charge >= 0.3 is 0 Å². The molecule has 9 heteroatoms. The SMILES string of the molecule is Cc1cc(OCC2(CC(=O)N3CCC(O)CC3)CN(Cc3nccs3)CCO2)cc(C)c1Cl. The Kier molecular flexibility index (Phi) is 7.91. The minimum Gasteiger partial charge on any atom is -0.490 e. The molecule has 2 aliphatic heterocycles. The van der Waals surface area contributed by atoms with E-state index in [0.29, 0.717) is 39.1 Å². The zero-order valence-electron chi connectivity index (χ0n) is 19.3. The zero-order chi connectivity index (χ0) is 23.4. The van der Waals surface area contributed by atoms with E-state index in [9.17, 15) is 9.90 Å². The molecule has 1 amide bonds. The van der Waals surface area contributed by atoms with Crippen molar-refractivity contribution in [1.29, 1.82) is 0 Å². The lowest BCUT2D eigenvalue weighted by Crippen LogP contribution is -2.57. The van der Waals surface area contributed by atoms with Crippen molar-refractivity contribution < 1.29 is 19.4 Å². The summed E-state index contributed by atoms with van der Waals surface area (Å²) in [6.45, 7) is 7.96. The Morgan fingerprint density at radius 3 is 2.70 bits per heavy atom. The van der Waals surface area contributed by atoms with Crippen LogP contribution < -0.4 is 4.74 Å². The van der Waals surface area contributed by atoms with E-state index < -0.39 is 5.60 Å². The number of aryl methyl sites for hydroxylation is 2. The first-order chi connectivity index (χ1) is 15.8. The quantitative estimate of drug-likeness (QED) is 0.637. The molecule has 1 aromatic carbocycles. The molecular weight excluding hydrogens is 462 g/mol. The van der Waals surface area contributed by atoms with Crippen molar-refractivity contribution in [1.82, 2.24) is 14.8 Å². The molecule has 1 atom stereocenters. The van der Waals surface area contributed by atoms with E-state index in [1.54, 1.807) is 11.3 Å². The molecule has 180 valence electrons. The third-order valence-electron chi connectivity index (χ3n) is 6.37. The molecule has 0 radical (unpaired) electrons. The van der Waals surface area contributed by atoms with Gasteiger partial charge in [-0.15, -0.1) is 11.3 Å². The van der Waals surface area contributed by atoms with Gasteiger partial charge in [-0.3, -0.25) is 9.69 Å². The second kappa shape index (κ2) is 10.7. The number of amides is 1. The van der Waals surface area contributed by atoms with Gasteiger partial charge in [-0.1, -0.05) is 11.6 Å². The Hall–Kier alpha value is -1.71. The molecule has 2 aliphatic rings.